The monoisotopic (exact) mass is 288 g/mol. The van der Waals surface area contributed by atoms with Crippen LogP contribution in [-0.4, -0.2) is 79.0 Å². The Labute approximate surface area is 119 Å². The molecule has 1 heterocycles. The number of nitrogens with zero attached hydrogens (tertiary/aromatic N) is 2. The third-order valence-corrected chi connectivity index (χ3v) is 3.07. The fraction of sp³-hybridized carbons (Fsp3) is 0.846. The van der Waals surface area contributed by atoms with E-state index < -0.39 is 6.10 Å². The first-order valence-corrected chi connectivity index (χ1v) is 7.04. The molecule has 0 aromatic rings. The van der Waals surface area contributed by atoms with E-state index in [2.05, 4.69) is 0 Å². The summed E-state index contributed by atoms with van der Waals surface area (Å²) in [6.07, 6.45) is -1.02. The molecule has 7 nitrogen and oxygen atoms in total. The summed E-state index contributed by atoms with van der Waals surface area (Å²) in [7, 11) is 0. The van der Waals surface area contributed by atoms with Crippen molar-refractivity contribution in [2.24, 2.45) is 0 Å². The minimum atomic E-state index is -0.733. The van der Waals surface area contributed by atoms with Gasteiger partial charge in [0.2, 0.25) is 0 Å². The summed E-state index contributed by atoms with van der Waals surface area (Å²) in [5.41, 5.74) is 0. The van der Waals surface area contributed by atoms with Crippen LogP contribution in [0, 0.1) is 0 Å². The number of esters is 1. The first-order chi connectivity index (χ1) is 9.56. The van der Waals surface area contributed by atoms with Gasteiger partial charge < -0.3 is 19.5 Å². The number of carbonyl (C=O) groups is 2. The lowest BCUT2D eigenvalue weighted by atomic mass is 10.2. The van der Waals surface area contributed by atoms with Gasteiger partial charge in [0, 0.05) is 32.7 Å². The highest BCUT2D eigenvalue weighted by atomic mass is 16.6. The topological polar surface area (TPSA) is 79.3 Å². The molecule has 0 aromatic carbocycles. The molecule has 20 heavy (non-hydrogen) atoms. The van der Waals surface area contributed by atoms with Gasteiger partial charge in [-0.3, -0.25) is 9.69 Å². The average molecular weight is 288 g/mol. The quantitative estimate of drug-likeness (QED) is 0.697. The average Bonchev–Trinajstić information content (AvgIpc) is 2.39. The van der Waals surface area contributed by atoms with Gasteiger partial charge in [-0.1, -0.05) is 0 Å². The number of hydrogen-bond acceptors (Lipinski definition) is 6. The molecule has 1 amide bonds. The van der Waals surface area contributed by atoms with Gasteiger partial charge in [0.1, 0.15) is 0 Å². The van der Waals surface area contributed by atoms with Crippen LogP contribution in [0.2, 0.25) is 0 Å². The smallest absolute Gasteiger partial charge is 0.409 e. The Morgan fingerprint density at radius 2 is 1.70 bits per heavy atom. The standard InChI is InChI=1S/C13H24N2O5/c1-3-19-12(17)9-11(16)10-14-5-7-15(8-6-14)13(18)20-4-2/h11,16H,3-10H2,1-2H3. The van der Waals surface area contributed by atoms with Gasteiger partial charge in [-0.2, -0.15) is 0 Å². The number of hydrogen-bond donors (Lipinski definition) is 1. The summed E-state index contributed by atoms with van der Waals surface area (Å²) in [6, 6.07) is 0. The molecule has 1 rings (SSSR count). The summed E-state index contributed by atoms with van der Waals surface area (Å²) in [4.78, 5) is 26.4. The summed E-state index contributed by atoms with van der Waals surface area (Å²) in [5, 5.41) is 9.81. The van der Waals surface area contributed by atoms with Crippen LogP contribution < -0.4 is 0 Å². The lowest BCUT2D eigenvalue weighted by Gasteiger charge is -2.34. The molecule has 1 fully saturated rings. The number of amides is 1. The molecule has 1 N–H and O–H groups in total. The predicted octanol–water partition coefficient (Wildman–Crippen LogP) is 0.0746. The maximum absolute atomic E-state index is 11.5. The van der Waals surface area contributed by atoms with E-state index in [9.17, 15) is 14.7 Å². The molecule has 0 radical (unpaired) electrons. The minimum Gasteiger partial charge on any atom is -0.466 e. The van der Waals surface area contributed by atoms with Gasteiger partial charge in [0.15, 0.2) is 0 Å². The molecular formula is C13H24N2O5. The van der Waals surface area contributed by atoms with Crippen molar-refractivity contribution in [1.82, 2.24) is 9.80 Å². The number of carbonyl (C=O) groups excluding carboxylic acids is 2. The number of aliphatic hydroxyl groups is 1. The molecule has 0 aliphatic carbocycles. The molecule has 0 aromatic heterocycles. The van der Waals surface area contributed by atoms with Crippen molar-refractivity contribution in [3.8, 4) is 0 Å². The van der Waals surface area contributed by atoms with Gasteiger partial charge in [0.25, 0.3) is 0 Å². The molecular weight excluding hydrogens is 264 g/mol. The summed E-state index contributed by atoms with van der Waals surface area (Å²) in [5.74, 6) is -0.384. The number of piperazine rings is 1. The van der Waals surface area contributed by atoms with Crippen molar-refractivity contribution in [2.45, 2.75) is 26.4 Å². The zero-order valence-corrected chi connectivity index (χ0v) is 12.2. The molecule has 1 unspecified atom stereocenters. The van der Waals surface area contributed by atoms with Crippen molar-refractivity contribution >= 4 is 12.1 Å². The SMILES string of the molecule is CCOC(=O)CC(O)CN1CCN(C(=O)OCC)CC1. The number of ether oxygens (including phenoxy) is 2. The maximum Gasteiger partial charge on any atom is 0.409 e. The zero-order valence-electron chi connectivity index (χ0n) is 12.2. The molecule has 1 aliphatic heterocycles. The van der Waals surface area contributed by atoms with Gasteiger partial charge in [-0.25, -0.2) is 4.79 Å². The van der Waals surface area contributed by atoms with Crippen LogP contribution >= 0.6 is 0 Å². The van der Waals surface area contributed by atoms with Gasteiger partial charge in [0.05, 0.1) is 25.7 Å². The molecule has 0 saturated carbocycles. The minimum absolute atomic E-state index is 0.00588. The van der Waals surface area contributed by atoms with Crippen LogP contribution in [-0.2, 0) is 14.3 Å². The van der Waals surface area contributed by atoms with E-state index in [4.69, 9.17) is 9.47 Å². The Morgan fingerprint density at radius 3 is 2.25 bits per heavy atom. The Balaban J connectivity index is 2.24. The first kappa shape index (κ1) is 16.7. The molecule has 0 bridgehead atoms. The number of β-amino-alcohol motifs (C(OH)–C–C–N with tert-alkyl or cyclic N) is 1. The van der Waals surface area contributed by atoms with Crippen molar-refractivity contribution in [1.29, 1.82) is 0 Å². The Morgan fingerprint density at radius 1 is 1.10 bits per heavy atom. The van der Waals surface area contributed by atoms with Crippen LogP contribution in [0.1, 0.15) is 20.3 Å². The van der Waals surface area contributed by atoms with E-state index in [1.165, 1.54) is 0 Å². The predicted molar refractivity (Wildman–Crippen MR) is 72.3 cm³/mol. The largest absolute Gasteiger partial charge is 0.466 e. The third-order valence-electron chi connectivity index (χ3n) is 3.07. The highest BCUT2D eigenvalue weighted by Crippen LogP contribution is 2.06. The van der Waals surface area contributed by atoms with E-state index >= 15 is 0 Å². The van der Waals surface area contributed by atoms with E-state index in [-0.39, 0.29) is 18.5 Å². The summed E-state index contributed by atoms with van der Waals surface area (Å²) < 4.78 is 9.73. The molecule has 116 valence electrons. The van der Waals surface area contributed by atoms with E-state index in [1.54, 1.807) is 18.7 Å². The van der Waals surface area contributed by atoms with Gasteiger partial charge >= 0.3 is 12.1 Å². The molecule has 0 spiro atoms. The summed E-state index contributed by atoms with van der Waals surface area (Å²) >= 11 is 0. The third kappa shape index (κ3) is 5.75. The van der Waals surface area contributed by atoms with Crippen molar-refractivity contribution < 1.29 is 24.2 Å². The molecule has 1 saturated heterocycles. The second kappa shape index (κ2) is 8.76. The molecule has 1 aliphatic rings. The van der Waals surface area contributed by atoms with E-state index in [1.807, 2.05) is 4.90 Å². The lowest BCUT2D eigenvalue weighted by Crippen LogP contribution is -2.50. The molecule has 7 heteroatoms. The van der Waals surface area contributed by atoms with Crippen LogP contribution in [0.3, 0.4) is 0 Å². The van der Waals surface area contributed by atoms with Gasteiger partial charge in [-0.05, 0) is 13.8 Å². The van der Waals surface area contributed by atoms with E-state index in [0.29, 0.717) is 45.9 Å². The summed E-state index contributed by atoms with van der Waals surface area (Å²) in [6.45, 7) is 7.10. The van der Waals surface area contributed by atoms with Crippen LogP contribution in [0.15, 0.2) is 0 Å². The van der Waals surface area contributed by atoms with Crippen LogP contribution in [0.5, 0.6) is 0 Å². The lowest BCUT2D eigenvalue weighted by molar-refractivity contribution is -0.145. The fourth-order valence-electron chi connectivity index (χ4n) is 2.10. The second-order valence-electron chi connectivity index (χ2n) is 4.65. The van der Waals surface area contributed by atoms with Crippen molar-refractivity contribution in [3.05, 3.63) is 0 Å². The molecule has 1 atom stereocenters. The zero-order chi connectivity index (χ0) is 15.0. The highest BCUT2D eigenvalue weighted by molar-refractivity contribution is 5.70. The Hall–Kier alpha value is -1.34. The normalized spacial score (nSPS) is 17.6. The highest BCUT2D eigenvalue weighted by Gasteiger charge is 2.24. The Kier molecular flexibility index (Phi) is 7.32. The van der Waals surface area contributed by atoms with Gasteiger partial charge in [-0.15, -0.1) is 0 Å². The number of aliphatic hydroxyl groups excluding tert-OH is 1. The van der Waals surface area contributed by atoms with Crippen molar-refractivity contribution in [3.63, 3.8) is 0 Å². The first-order valence-electron chi connectivity index (χ1n) is 7.04. The van der Waals surface area contributed by atoms with Crippen LogP contribution in [0.4, 0.5) is 4.79 Å². The fourth-order valence-corrected chi connectivity index (χ4v) is 2.10. The van der Waals surface area contributed by atoms with E-state index in [0.717, 1.165) is 0 Å². The number of rotatable bonds is 6. The Bertz CT molecular complexity index is 316. The van der Waals surface area contributed by atoms with Crippen molar-refractivity contribution in [2.75, 3.05) is 45.9 Å². The van der Waals surface area contributed by atoms with Crippen LogP contribution in [0.25, 0.3) is 0 Å². The second-order valence-corrected chi connectivity index (χ2v) is 4.65. The maximum atomic E-state index is 11.5.